The second-order valence-corrected chi connectivity index (χ2v) is 3.97. The van der Waals surface area contributed by atoms with Crippen LogP contribution in [-0.4, -0.2) is 22.1 Å². The molecule has 0 aromatic heterocycles. The van der Waals surface area contributed by atoms with Gasteiger partial charge in [-0.2, -0.15) is 0 Å². The second kappa shape index (κ2) is 5.40. The van der Waals surface area contributed by atoms with Gasteiger partial charge in [0.25, 0.3) is 5.91 Å². The van der Waals surface area contributed by atoms with Crippen LogP contribution in [0.15, 0.2) is 42.5 Å². The molecule has 6 heteroatoms. The first-order valence-corrected chi connectivity index (χ1v) is 5.61. The Morgan fingerprint density at radius 1 is 1.05 bits per heavy atom. The van der Waals surface area contributed by atoms with E-state index in [1.54, 1.807) is 0 Å². The second-order valence-electron chi connectivity index (χ2n) is 3.97. The summed E-state index contributed by atoms with van der Waals surface area (Å²) in [6.07, 6.45) is 0. The highest BCUT2D eigenvalue weighted by molar-refractivity contribution is 6.08. The molecule has 2 aromatic carbocycles. The molecule has 0 aliphatic heterocycles. The average molecular weight is 275 g/mol. The van der Waals surface area contributed by atoms with E-state index in [4.69, 9.17) is 5.11 Å². The predicted molar refractivity (Wildman–Crippen MR) is 69.4 cm³/mol. The molecule has 0 aliphatic rings. The van der Waals surface area contributed by atoms with Gasteiger partial charge in [-0.15, -0.1) is 0 Å². The molecular formula is C14H10FNO4. The summed E-state index contributed by atoms with van der Waals surface area (Å²) in [4.78, 5) is 22.9. The molecule has 0 saturated heterocycles. The minimum Gasteiger partial charge on any atom is -0.508 e. The van der Waals surface area contributed by atoms with Gasteiger partial charge >= 0.3 is 5.97 Å². The van der Waals surface area contributed by atoms with Crippen LogP contribution in [0, 0.1) is 5.82 Å². The molecule has 5 nitrogen and oxygen atoms in total. The summed E-state index contributed by atoms with van der Waals surface area (Å²) in [6, 6.07) is 8.80. The molecule has 0 atom stereocenters. The van der Waals surface area contributed by atoms with E-state index in [0.29, 0.717) is 0 Å². The van der Waals surface area contributed by atoms with E-state index in [1.807, 2.05) is 0 Å². The lowest BCUT2D eigenvalue weighted by Gasteiger charge is -2.09. The lowest BCUT2D eigenvalue weighted by atomic mass is 10.1. The van der Waals surface area contributed by atoms with Crippen LogP contribution in [0.2, 0.25) is 0 Å². The van der Waals surface area contributed by atoms with Crippen molar-refractivity contribution in [2.24, 2.45) is 0 Å². The maximum Gasteiger partial charge on any atom is 0.337 e. The van der Waals surface area contributed by atoms with Crippen molar-refractivity contribution in [1.82, 2.24) is 0 Å². The highest BCUT2D eigenvalue weighted by Crippen LogP contribution is 2.22. The van der Waals surface area contributed by atoms with Crippen LogP contribution in [-0.2, 0) is 0 Å². The summed E-state index contributed by atoms with van der Waals surface area (Å²) >= 11 is 0. The Hall–Kier alpha value is -2.89. The molecule has 0 aliphatic carbocycles. The summed E-state index contributed by atoms with van der Waals surface area (Å²) in [5.74, 6) is -3.03. The van der Waals surface area contributed by atoms with Crippen molar-refractivity contribution in [2.75, 3.05) is 5.32 Å². The zero-order valence-electron chi connectivity index (χ0n) is 10.1. The number of anilines is 1. The molecule has 1 amide bonds. The average Bonchev–Trinajstić information content (AvgIpc) is 2.41. The van der Waals surface area contributed by atoms with Crippen molar-refractivity contribution < 1.29 is 24.2 Å². The van der Waals surface area contributed by atoms with E-state index in [-0.39, 0.29) is 22.6 Å². The van der Waals surface area contributed by atoms with E-state index in [1.165, 1.54) is 30.3 Å². The first-order valence-electron chi connectivity index (χ1n) is 5.61. The number of amides is 1. The van der Waals surface area contributed by atoms with Crippen LogP contribution in [0.3, 0.4) is 0 Å². The number of carboxylic acid groups (broad SMARTS) is 1. The number of phenolic OH excluding ortho intramolecular Hbond substituents is 1. The Balaban J connectivity index is 2.33. The molecule has 2 aromatic rings. The molecule has 0 saturated carbocycles. The Bertz CT molecular complexity index is 685. The number of aromatic carboxylic acids is 1. The fourth-order valence-corrected chi connectivity index (χ4v) is 1.65. The van der Waals surface area contributed by atoms with Crippen LogP contribution < -0.4 is 5.32 Å². The fraction of sp³-hybridized carbons (Fsp3) is 0. The lowest BCUT2D eigenvalue weighted by molar-refractivity contribution is 0.0697. The molecule has 0 radical (unpaired) electrons. The third-order valence-electron chi connectivity index (χ3n) is 2.60. The Labute approximate surface area is 113 Å². The SMILES string of the molecule is O=C(Nc1ccc(O)cc1C(=O)O)c1ccccc1F. The number of phenols is 1. The summed E-state index contributed by atoms with van der Waals surface area (Å²) in [7, 11) is 0. The molecule has 20 heavy (non-hydrogen) atoms. The first-order chi connectivity index (χ1) is 9.49. The number of carboxylic acids is 1. The Kier molecular flexibility index (Phi) is 3.65. The monoisotopic (exact) mass is 275 g/mol. The normalized spacial score (nSPS) is 10.1. The number of carbonyl (C=O) groups excluding carboxylic acids is 1. The zero-order valence-corrected chi connectivity index (χ0v) is 10.1. The third kappa shape index (κ3) is 2.74. The number of nitrogens with one attached hydrogen (secondary N) is 1. The van der Waals surface area contributed by atoms with E-state index >= 15 is 0 Å². The van der Waals surface area contributed by atoms with E-state index < -0.39 is 17.7 Å². The van der Waals surface area contributed by atoms with Crippen LogP contribution >= 0.6 is 0 Å². The van der Waals surface area contributed by atoms with Crippen molar-refractivity contribution in [3.8, 4) is 5.75 Å². The minimum absolute atomic E-state index is 0.0245. The molecule has 102 valence electrons. The predicted octanol–water partition coefficient (Wildman–Crippen LogP) is 2.48. The molecule has 0 spiro atoms. The molecule has 0 heterocycles. The highest BCUT2D eigenvalue weighted by Gasteiger charge is 2.16. The minimum atomic E-state index is -1.32. The van der Waals surface area contributed by atoms with E-state index in [9.17, 15) is 19.1 Å². The standard InChI is InChI=1S/C14H10FNO4/c15-11-4-2-1-3-9(11)13(18)16-12-6-5-8(17)7-10(12)14(19)20/h1-7,17H,(H,16,18)(H,19,20). The fourth-order valence-electron chi connectivity index (χ4n) is 1.65. The Morgan fingerprint density at radius 2 is 1.75 bits per heavy atom. The van der Waals surface area contributed by atoms with Crippen LogP contribution in [0.4, 0.5) is 10.1 Å². The largest absolute Gasteiger partial charge is 0.508 e. The molecule has 0 bridgehead atoms. The first kappa shape index (κ1) is 13.5. The van der Waals surface area contributed by atoms with Gasteiger partial charge in [0.2, 0.25) is 0 Å². The van der Waals surface area contributed by atoms with E-state index in [2.05, 4.69) is 5.32 Å². The van der Waals surface area contributed by atoms with Crippen molar-refractivity contribution in [3.63, 3.8) is 0 Å². The van der Waals surface area contributed by atoms with Gasteiger partial charge in [0.1, 0.15) is 11.6 Å². The summed E-state index contributed by atoms with van der Waals surface area (Å²) in [5, 5.41) is 20.5. The number of carbonyl (C=O) groups is 2. The van der Waals surface area contributed by atoms with Crippen molar-refractivity contribution in [1.29, 1.82) is 0 Å². The van der Waals surface area contributed by atoms with Gasteiger partial charge in [-0.1, -0.05) is 12.1 Å². The van der Waals surface area contributed by atoms with Crippen molar-refractivity contribution >= 4 is 17.6 Å². The molecule has 2 rings (SSSR count). The molecule has 0 fully saturated rings. The summed E-state index contributed by atoms with van der Waals surface area (Å²) in [6.45, 7) is 0. The van der Waals surface area contributed by atoms with Gasteiger partial charge in [0.05, 0.1) is 16.8 Å². The number of aromatic hydroxyl groups is 1. The third-order valence-corrected chi connectivity index (χ3v) is 2.60. The highest BCUT2D eigenvalue weighted by atomic mass is 19.1. The number of hydrogen-bond acceptors (Lipinski definition) is 3. The quantitative estimate of drug-likeness (QED) is 0.751. The smallest absolute Gasteiger partial charge is 0.337 e. The lowest BCUT2D eigenvalue weighted by Crippen LogP contribution is -2.16. The van der Waals surface area contributed by atoms with Gasteiger partial charge in [-0.3, -0.25) is 4.79 Å². The van der Waals surface area contributed by atoms with Crippen molar-refractivity contribution in [2.45, 2.75) is 0 Å². The summed E-state index contributed by atoms with van der Waals surface area (Å²) < 4.78 is 13.4. The number of halogens is 1. The van der Waals surface area contributed by atoms with Gasteiger partial charge in [-0.25, -0.2) is 9.18 Å². The number of rotatable bonds is 3. The van der Waals surface area contributed by atoms with Crippen molar-refractivity contribution in [3.05, 3.63) is 59.4 Å². The topological polar surface area (TPSA) is 86.6 Å². The maximum absolute atomic E-state index is 13.4. The molecule has 0 unspecified atom stereocenters. The maximum atomic E-state index is 13.4. The number of hydrogen-bond donors (Lipinski definition) is 3. The molecule has 3 N–H and O–H groups in total. The number of benzene rings is 2. The summed E-state index contributed by atoms with van der Waals surface area (Å²) in [5.41, 5.74) is -0.504. The van der Waals surface area contributed by atoms with Gasteiger partial charge in [0, 0.05) is 0 Å². The van der Waals surface area contributed by atoms with E-state index in [0.717, 1.165) is 12.1 Å². The van der Waals surface area contributed by atoms with Gasteiger partial charge < -0.3 is 15.5 Å². The molecular weight excluding hydrogens is 265 g/mol. The Morgan fingerprint density at radius 3 is 2.40 bits per heavy atom. The zero-order chi connectivity index (χ0) is 14.7. The van der Waals surface area contributed by atoms with Crippen LogP contribution in [0.25, 0.3) is 0 Å². The van der Waals surface area contributed by atoms with Crippen LogP contribution in [0.5, 0.6) is 5.75 Å². The van der Waals surface area contributed by atoms with Crippen LogP contribution in [0.1, 0.15) is 20.7 Å². The van der Waals surface area contributed by atoms with Gasteiger partial charge in [-0.05, 0) is 30.3 Å². The van der Waals surface area contributed by atoms with Gasteiger partial charge in [0.15, 0.2) is 0 Å².